The van der Waals surface area contributed by atoms with Crippen LogP contribution in [0.1, 0.15) is 11.1 Å². The first-order valence-corrected chi connectivity index (χ1v) is 8.89. The number of ether oxygens (including phenoxy) is 1. The van der Waals surface area contributed by atoms with Crippen LogP contribution < -0.4 is 10.1 Å². The summed E-state index contributed by atoms with van der Waals surface area (Å²) in [5.41, 5.74) is 1.90. The Labute approximate surface area is 167 Å². The molecule has 5 nitrogen and oxygen atoms in total. The van der Waals surface area contributed by atoms with Crippen LogP contribution in [0.15, 0.2) is 60.8 Å². The van der Waals surface area contributed by atoms with Crippen LogP contribution in [0.5, 0.6) is 5.75 Å². The molecule has 2 aromatic carbocycles. The second-order valence-corrected chi connectivity index (χ2v) is 6.59. The van der Waals surface area contributed by atoms with Crippen LogP contribution in [0.2, 0.25) is 10.0 Å². The number of methoxy groups -OCH3 is 1. The van der Waals surface area contributed by atoms with Gasteiger partial charge in [-0.3, -0.25) is 9.48 Å². The minimum atomic E-state index is -0.315. The van der Waals surface area contributed by atoms with Gasteiger partial charge < -0.3 is 10.1 Å². The Bertz CT molecular complexity index is 948. The molecule has 1 N–H and O–H groups in total. The molecule has 0 unspecified atom stereocenters. The van der Waals surface area contributed by atoms with Crippen molar-refractivity contribution in [2.24, 2.45) is 0 Å². The lowest BCUT2D eigenvalue weighted by atomic mass is 10.2. The lowest BCUT2D eigenvalue weighted by molar-refractivity contribution is -0.111. The molecule has 0 saturated heterocycles. The molecular formula is C20H17Cl2N3O2. The second-order valence-electron chi connectivity index (χ2n) is 5.75. The molecule has 0 aliphatic carbocycles. The Morgan fingerprint density at radius 2 is 1.85 bits per heavy atom. The fourth-order valence-corrected chi connectivity index (χ4v) is 2.71. The van der Waals surface area contributed by atoms with E-state index in [2.05, 4.69) is 10.4 Å². The third-order valence-electron chi connectivity index (χ3n) is 3.76. The van der Waals surface area contributed by atoms with Crippen LogP contribution in [0.3, 0.4) is 0 Å². The van der Waals surface area contributed by atoms with E-state index in [1.165, 1.54) is 6.08 Å². The van der Waals surface area contributed by atoms with Gasteiger partial charge in [0.25, 0.3) is 0 Å². The molecule has 3 rings (SSSR count). The predicted molar refractivity (Wildman–Crippen MR) is 108 cm³/mol. The number of nitrogens with zero attached hydrogens (tertiary/aromatic N) is 2. The molecule has 3 aromatic rings. The van der Waals surface area contributed by atoms with Gasteiger partial charge in [0.05, 0.1) is 13.7 Å². The van der Waals surface area contributed by atoms with Crippen LogP contribution in [-0.2, 0) is 11.3 Å². The quantitative estimate of drug-likeness (QED) is 0.597. The van der Waals surface area contributed by atoms with Gasteiger partial charge in [0.15, 0.2) is 5.82 Å². The zero-order valence-electron chi connectivity index (χ0n) is 14.5. The molecule has 0 saturated carbocycles. The summed E-state index contributed by atoms with van der Waals surface area (Å²) in [6.45, 7) is 0.522. The Balaban J connectivity index is 1.62. The van der Waals surface area contributed by atoms with E-state index in [-0.39, 0.29) is 5.91 Å². The number of carbonyl (C=O) groups is 1. The molecule has 0 aliphatic rings. The molecule has 0 radical (unpaired) electrons. The Kier molecular flexibility index (Phi) is 6.16. The molecule has 27 heavy (non-hydrogen) atoms. The summed E-state index contributed by atoms with van der Waals surface area (Å²) in [7, 11) is 1.61. The Morgan fingerprint density at radius 1 is 1.15 bits per heavy atom. The summed E-state index contributed by atoms with van der Waals surface area (Å²) in [5.74, 6) is 0.758. The van der Waals surface area contributed by atoms with Crippen LogP contribution in [0.4, 0.5) is 5.82 Å². The van der Waals surface area contributed by atoms with Gasteiger partial charge >= 0.3 is 0 Å². The molecule has 7 heteroatoms. The molecule has 0 aliphatic heterocycles. The lowest BCUT2D eigenvalue weighted by Crippen LogP contribution is -2.09. The van der Waals surface area contributed by atoms with E-state index in [0.717, 1.165) is 16.9 Å². The first-order valence-electron chi connectivity index (χ1n) is 8.14. The lowest BCUT2D eigenvalue weighted by Gasteiger charge is -2.02. The largest absolute Gasteiger partial charge is 0.497 e. The highest BCUT2D eigenvalue weighted by Crippen LogP contribution is 2.20. The fourth-order valence-electron chi connectivity index (χ4n) is 2.38. The summed E-state index contributed by atoms with van der Waals surface area (Å²) in [6.07, 6.45) is 4.79. The van der Waals surface area contributed by atoms with Gasteiger partial charge in [-0.1, -0.05) is 47.5 Å². The predicted octanol–water partition coefficient (Wildman–Crippen LogP) is 4.90. The number of aromatic nitrogens is 2. The van der Waals surface area contributed by atoms with Crippen molar-refractivity contribution < 1.29 is 9.53 Å². The van der Waals surface area contributed by atoms with Crippen molar-refractivity contribution in [2.75, 3.05) is 12.4 Å². The normalized spacial score (nSPS) is 10.9. The smallest absolute Gasteiger partial charge is 0.249 e. The van der Waals surface area contributed by atoms with Crippen molar-refractivity contribution in [1.29, 1.82) is 0 Å². The first-order chi connectivity index (χ1) is 13.0. The van der Waals surface area contributed by atoms with Crippen molar-refractivity contribution in [3.8, 4) is 5.75 Å². The summed E-state index contributed by atoms with van der Waals surface area (Å²) in [6, 6.07) is 14.8. The Hall–Kier alpha value is -2.76. The van der Waals surface area contributed by atoms with Gasteiger partial charge in [-0.25, -0.2) is 0 Å². The molecule has 0 fully saturated rings. The number of hydrogen-bond acceptors (Lipinski definition) is 3. The zero-order chi connectivity index (χ0) is 19.2. The summed E-state index contributed by atoms with van der Waals surface area (Å²) >= 11 is 12.1. The molecule has 0 bridgehead atoms. The van der Waals surface area contributed by atoms with Crippen molar-refractivity contribution in [3.63, 3.8) is 0 Å². The van der Waals surface area contributed by atoms with Crippen LogP contribution in [0.25, 0.3) is 6.08 Å². The van der Waals surface area contributed by atoms with Crippen molar-refractivity contribution >= 4 is 41.0 Å². The highest BCUT2D eigenvalue weighted by Gasteiger charge is 2.09. The number of anilines is 1. The van der Waals surface area contributed by atoms with Crippen molar-refractivity contribution in [2.45, 2.75) is 6.54 Å². The molecule has 1 amide bonds. The third-order valence-corrected chi connectivity index (χ3v) is 4.29. The molecule has 1 heterocycles. The summed E-state index contributed by atoms with van der Waals surface area (Å²) in [5, 5.41) is 8.04. The van der Waals surface area contributed by atoms with Crippen LogP contribution >= 0.6 is 23.2 Å². The van der Waals surface area contributed by atoms with E-state index in [1.807, 2.05) is 48.5 Å². The highest BCUT2D eigenvalue weighted by molar-refractivity contribution is 6.33. The van der Waals surface area contributed by atoms with Gasteiger partial charge in [-0.15, -0.1) is 0 Å². The van der Waals surface area contributed by atoms with Crippen LogP contribution in [0, 0.1) is 0 Å². The summed E-state index contributed by atoms with van der Waals surface area (Å²) in [4.78, 5) is 12.1. The number of hydrogen-bond donors (Lipinski definition) is 1. The maximum Gasteiger partial charge on any atom is 0.249 e. The van der Waals surface area contributed by atoms with Gasteiger partial charge in [0.2, 0.25) is 5.91 Å². The Morgan fingerprint density at radius 3 is 2.52 bits per heavy atom. The van der Waals surface area contributed by atoms with E-state index in [9.17, 15) is 4.79 Å². The molecule has 138 valence electrons. The van der Waals surface area contributed by atoms with Gasteiger partial charge in [-0.05, 0) is 41.5 Å². The molecular weight excluding hydrogens is 385 g/mol. The van der Waals surface area contributed by atoms with Crippen molar-refractivity contribution in [1.82, 2.24) is 9.78 Å². The number of benzene rings is 2. The van der Waals surface area contributed by atoms with E-state index in [1.54, 1.807) is 24.1 Å². The first kappa shape index (κ1) is 19.0. The monoisotopic (exact) mass is 401 g/mol. The molecule has 0 spiro atoms. The van der Waals surface area contributed by atoms with E-state index >= 15 is 0 Å². The van der Waals surface area contributed by atoms with Crippen molar-refractivity contribution in [3.05, 3.63) is 82.0 Å². The number of rotatable bonds is 6. The number of amides is 1. The van der Waals surface area contributed by atoms with Gasteiger partial charge in [0, 0.05) is 17.3 Å². The number of nitrogens with one attached hydrogen (secondary N) is 1. The second kappa shape index (κ2) is 8.75. The number of carbonyl (C=O) groups excluding carboxylic acids is 1. The highest BCUT2D eigenvalue weighted by atomic mass is 35.5. The zero-order valence-corrected chi connectivity index (χ0v) is 16.0. The van der Waals surface area contributed by atoms with Gasteiger partial charge in [-0.2, -0.15) is 5.10 Å². The SMILES string of the molecule is COc1ccc(/C=C/C(=O)Nc2nn(Cc3ccc(Cl)cc3)cc2Cl)cc1. The standard InChI is InChI=1S/C20H17Cl2N3O2/c1-27-17-9-4-14(5-10-17)6-11-19(26)23-20-18(22)13-25(24-20)12-15-2-7-16(21)8-3-15/h2-11,13H,12H2,1H3,(H,23,24,26)/b11-6+. The van der Waals surface area contributed by atoms with E-state index in [0.29, 0.717) is 22.4 Å². The minimum absolute atomic E-state index is 0.315. The fraction of sp³-hybridized carbons (Fsp3) is 0.100. The number of halogens is 2. The average Bonchev–Trinajstić information content (AvgIpc) is 3.01. The topological polar surface area (TPSA) is 56.1 Å². The van der Waals surface area contributed by atoms with E-state index in [4.69, 9.17) is 27.9 Å². The maximum absolute atomic E-state index is 12.1. The average molecular weight is 402 g/mol. The molecule has 0 atom stereocenters. The summed E-state index contributed by atoms with van der Waals surface area (Å²) < 4.78 is 6.76. The van der Waals surface area contributed by atoms with E-state index < -0.39 is 0 Å². The maximum atomic E-state index is 12.1. The minimum Gasteiger partial charge on any atom is -0.497 e. The molecule has 1 aromatic heterocycles. The van der Waals surface area contributed by atoms with Gasteiger partial charge in [0.1, 0.15) is 10.8 Å². The van der Waals surface area contributed by atoms with Crippen LogP contribution in [-0.4, -0.2) is 22.8 Å². The third kappa shape index (κ3) is 5.36.